The van der Waals surface area contributed by atoms with Crippen LogP contribution in [0.5, 0.6) is 5.75 Å². The molecule has 220 valence electrons. The molecule has 1 aliphatic rings. The van der Waals surface area contributed by atoms with Gasteiger partial charge in [-0.2, -0.15) is 13.2 Å². The molecular formula is C30H30F3N5O4. The summed E-state index contributed by atoms with van der Waals surface area (Å²) in [5.41, 5.74) is 4.41. The van der Waals surface area contributed by atoms with Crippen LogP contribution in [0.15, 0.2) is 60.9 Å². The molecule has 3 N–H and O–H groups in total. The average molecular weight is 582 g/mol. The fourth-order valence-electron chi connectivity index (χ4n) is 5.14. The number of H-pyrrole nitrogens is 1. The summed E-state index contributed by atoms with van der Waals surface area (Å²) in [6.45, 7) is -0.524. The van der Waals surface area contributed by atoms with Crippen LogP contribution in [0.4, 0.5) is 23.7 Å². The van der Waals surface area contributed by atoms with E-state index in [2.05, 4.69) is 20.6 Å². The SMILES string of the molecule is COC(=O)Nc1ccc(-c2cnc3[nH]cc(-c4ccccc4OC)c3c2)cc1C(=O)N1CCC(NCC(F)(F)F)CC1. The molecule has 1 fully saturated rings. The number of carbonyl (C=O) groups is 2. The lowest BCUT2D eigenvalue weighted by atomic mass is 9.98. The van der Waals surface area contributed by atoms with E-state index in [-0.39, 0.29) is 36.3 Å². The van der Waals surface area contributed by atoms with Gasteiger partial charge in [0.25, 0.3) is 5.91 Å². The molecule has 0 unspecified atom stereocenters. The highest BCUT2D eigenvalue weighted by molar-refractivity contribution is 6.04. The number of halogens is 3. The molecule has 5 rings (SSSR count). The van der Waals surface area contributed by atoms with Crippen LogP contribution in [-0.2, 0) is 4.74 Å². The topological polar surface area (TPSA) is 109 Å². The van der Waals surface area contributed by atoms with Crippen molar-refractivity contribution in [2.24, 2.45) is 0 Å². The standard InChI is InChI=1S/C30H30F3N5O4/c1-41-26-6-4-3-5-21(26)24-16-35-27-22(24)14-19(15-34-27)18-7-8-25(37-29(40)42-2)23(13-18)28(39)38-11-9-20(10-12-38)36-17-30(31,32)33/h3-8,13-16,20,36H,9-12,17H2,1-2H3,(H,34,35)(H,37,40). The Morgan fingerprint density at radius 2 is 1.81 bits per heavy atom. The number of alkyl halides is 3. The molecule has 2 aromatic carbocycles. The second-order valence-corrected chi connectivity index (χ2v) is 9.96. The number of methoxy groups -OCH3 is 2. The Hall–Kier alpha value is -4.58. The predicted octanol–water partition coefficient (Wildman–Crippen LogP) is 5.84. The van der Waals surface area contributed by atoms with Crippen LogP contribution >= 0.6 is 0 Å². The molecule has 12 heteroatoms. The van der Waals surface area contributed by atoms with Crippen LogP contribution in [-0.4, -0.2) is 72.9 Å². The van der Waals surface area contributed by atoms with Gasteiger partial charge in [-0.3, -0.25) is 10.1 Å². The fraction of sp³-hybridized carbons (Fsp3) is 0.300. The molecule has 0 spiro atoms. The van der Waals surface area contributed by atoms with E-state index in [0.29, 0.717) is 29.8 Å². The number of hydrogen-bond donors (Lipinski definition) is 3. The Morgan fingerprint density at radius 3 is 2.52 bits per heavy atom. The number of anilines is 1. The number of piperidine rings is 1. The van der Waals surface area contributed by atoms with Crippen molar-refractivity contribution in [3.63, 3.8) is 0 Å². The Kier molecular flexibility index (Phi) is 8.34. The Bertz CT molecular complexity index is 1600. The van der Waals surface area contributed by atoms with Gasteiger partial charge in [0.2, 0.25) is 0 Å². The minimum atomic E-state index is -4.30. The van der Waals surface area contributed by atoms with Gasteiger partial charge in [-0.05, 0) is 42.7 Å². The first kappa shape index (κ1) is 28.9. The average Bonchev–Trinajstić information content (AvgIpc) is 3.43. The van der Waals surface area contributed by atoms with Gasteiger partial charge in [0.1, 0.15) is 11.4 Å². The van der Waals surface area contributed by atoms with Gasteiger partial charge in [0, 0.05) is 53.6 Å². The van der Waals surface area contributed by atoms with Crippen LogP contribution in [0.25, 0.3) is 33.3 Å². The molecule has 0 bridgehead atoms. The number of carbonyl (C=O) groups excluding carboxylic acids is 2. The van der Waals surface area contributed by atoms with E-state index in [0.717, 1.165) is 22.1 Å². The second-order valence-electron chi connectivity index (χ2n) is 9.96. The number of fused-ring (bicyclic) bond motifs is 1. The molecule has 42 heavy (non-hydrogen) atoms. The van der Waals surface area contributed by atoms with Gasteiger partial charge >= 0.3 is 12.3 Å². The van der Waals surface area contributed by atoms with Crippen molar-refractivity contribution in [1.82, 2.24) is 20.2 Å². The van der Waals surface area contributed by atoms with Crippen molar-refractivity contribution in [2.75, 3.05) is 39.2 Å². The van der Waals surface area contributed by atoms with E-state index in [9.17, 15) is 22.8 Å². The first-order valence-electron chi connectivity index (χ1n) is 13.4. The van der Waals surface area contributed by atoms with Crippen LogP contribution in [0, 0.1) is 0 Å². The lowest BCUT2D eigenvalue weighted by Gasteiger charge is -2.33. The molecule has 0 atom stereocenters. The van der Waals surface area contributed by atoms with E-state index >= 15 is 0 Å². The number of ether oxygens (including phenoxy) is 2. The van der Waals surface area contributed by atoms with Crippen molar-refractivity contribution < 1.29 is 32.2 Å². The summed E-state index contributed by atoms with van der Waals surface area (Å²) in [6.07, 6.45) is -0.718. The molecule has 1 aliphatic heterocycles. The predicted molar refractivity (Wildman–Crippen MR) is 153 cm³/mol. The zero-order valence-corrected chi connectivity index (χ0v) is 23.0. The largest absolute Gasteiger partial charge is 0.496 e. The van der Waals surface area contributed by atoms with Crippen LogP contribution in [0.2, 0.25) is 0 Å². The van der Waals surface area contributed by atoms with E-state index in [1.54, 1.807) is 36.4 Å². The molecule has 3 heterocycles. The van der Waals surface area contributed by atoms with E-state index in [1.165, 1.54) is 7.11 Å². The zero-order valence-electron chi connectivity index (χ0n) is 23.0. The van der Waals surface area contributed by atoms with Crippen molar-refractivity contribution in [2.45, 2.75) is 25.1 Å². The highest BCUT2D eigenvalue weighted by Gasteiger charge is 2.31. The highest BCUT2D eigenvalue weighted by Crippen LogP contribution is 2.36. The smallest absolute Gasteiger partial charge is 0.411 e. The summed E-state index contributed by atoms with van der Waals surface area (Å²) in [7, 11) is 2.84. The van der Waals surface area contributed by atoms with Crippen molar-refractivity contribution in [3.8, 4) is 28.0 Å². The zero-order chi connectivity index (χ0) is 29.9. The van der Waals surface area contributed by atoms with Gasteiger partial charge in [-0.15, -0.1) is 0 Å². The molecule has 1 saturated heterocycles. The van der Waals surface area contributed by atoms with Gasteiger partial charge in [-0.1, -0.05) is 24.3 Å². The molecule has 0 saturated carbocycles. The number of nitrogens with one attached hydrogen (secondary N) is 3. The van der Waals surface area contributed by atoms with Crippen LogP contribution in [0.3, 0.4) is 0 Å². The highest BCUT2D eigenvalue weighted by atomic mass is 19.4. The number of nitrogens with zero attached hydrogens (tertiary/aromatic N) is 2. The third kappa shape index (κ3) is 6.33. The number of para-hydroxylation sites is 1. The Labute approximate surface area is 240 Å². The lowest BCUT2D eigenvalue weighted by Crippen LogP contribution is -2.47. The summed E-state index contributed by atoms with van der Waals surface area (Å²) >= 11 is 0. The summed E-state index contributed by atoms with van der Waals surface area (Å²) in [5.74, 6) is 0.371. The minimum absolute atomic E-state index is 0.235. The summed E-state index contributed by atoms with van der Waals surface area (Å²) in [5, 5.41) is 5.97. The first-order valence-corrected chi connectivity index (χ1v) is 13.4. The molecular weight excluding hydrogens is 551 g/mol. The normalized spacial score (nSPS) is 14.2. The van der Waals surface area contributed by atoms with Gasteiger partial charge in [-0.25, -0.2) is 9.78 Å². The van der Waals surface area contributed by atoms with Crippen LogP contribution < -0.4 is 15.4 Å². The maximum atomic E-state index is 13.7. The lowest BCUT2D eigenvalue weighted by molar-refractivity contribution is -0.126. The monoisotopic (exact) mass is 581 g/mol. The van der Waals surface area contributed by atoms with E-state index in [1.807, 2.05) is 36.5 Å². The fourth-order valence-corrected chi connectivity index (χ4v) is 5.14. The van der Waals surface area contributed by atoms with E-state index in [4.69, 9.17) is 9.47 Å². The second kappa shape index (κ2) is 12.1. The maximum absolute atomic E-state index is 13.7. The third-order valence-electron chi connectivity index (χ3n) is 7.31. The molecule has 4 aromatic rings. The quantitative estimate of drug-likeness (QED) is 0.253. The Balaban J connectivity index is 1.45. The summed E-state index contributed by atoms with van der Waals surface area (Å²) < 4.78 is 48.1. The number of rotatable bonds is 7. The molecule has 9 nitrogen and oxygen atoms in total. The Morgan fingerprint density at radius 1 is 1.05 bits per heavy atom. The van der Waals surface area contributed by atoms with Crippen molar-refractivity contribution in [3.05, 3.63) is 66.5 Å². The van der Waals surface area contributed by atoms with Gasteiger partial charge < -0.3 is 24.7 Å². The van der Waals surface area contributed by atoms with E-state index < -0.39 is 18.8 Å². The van der Waals surface area contributed by atoms with Gasteiger partial charge in [0.05, 0.1) is 32.0 Å². The number of hydrogen-bond acceptors (Lipinski definition) is 6. The van der Waals surface area contributed by atoms with Gasteiger partial charge in [0.15, 0.2) is 0 Å². The van der Waals surface area contributed by atoms with Crippen molar-refractivity contribution in [1.29, 1.82) is 0 Å². The number of amides is 2. The number of aromatic nitrogens is 2. The maximum Gasteiger partial charge on any atom is 0.411 e. The van der Waals surface area contributed by atoms with Crippen LogP contribution in [0.1, 0.15) is 23.2 Å². The third-order valence-corrected chi connectivity index (χ3v) is 7.31. The summed E-state index contributed by atoms with van der Waals surface area (Å²) in [4.78, 5) is 35.1. The molecule has 2 amide bonds. The van der Waals surface area contributed by atoms with Crippen molar-refractivity contribution >= 4 is 28.7 Å². The summed E-state index contributed by atoms with van der Waals surface area (Å²) in [6, 6.07) is 14.4. The molecule has 0 aliphatic carbocycles. The first-order chi connectivity index (χ1) is 20.2. The molecule has 0 radical (unpaired) electrons. The molecule has 2 aromatic heterocycles. The number of benzene rings is 2. The number of likely N-dealkylation sites (tertiary alicyclic amines) is 1. The minimum Gasteiger partial charge on any atom is -0.496 e. The number of aromatic amines is 1. The number of pyridine rings is 1.